The van der Waals surface area contributed by atoms with Crippen LogP contribution in [0.2, 0.25) is 0 Å². The third-order valence-corrected chi connectivity index (χ3v) is 4.96. The number of hydrogen-bond acceptors (Lipinski definition) is 6. The summed E-state index contributed by atoms with van der Waals surface area (Å²) in [5, 5.41) is 9.70. The Bertz CT molecular complexity index is 1010. The van der Waals surface area contributed by atoms with Crippen LogP contribution in [-0.4, -0.2) is 24.5 Å². The maximum atomic E-state index is 12.3. The van der Waals surface area contributed by atoms with Crippen molar-refractivity contribution in [3.8, 4) is 0 Å². The molecule has 2 aromatic carbocycles. The minimum Gasteiger partial charge on any atom is -0.407 e. The van der Waals surface area contributed by atoms with Gasteiger partial charge >= 0.3 is 6.01 Å². The van der Waals surface area contributed by atoms with E-state index in [9.17, 15) is 13.2 Å². The molecule has 1 aromatic heterocycles. The third-order valence-electron chi connectivity index (χ3n) is 3.34. The molecule has 0 saturated heterocycles. The van der Waals surface area contributed by atoms with E-state index in [-0.39, 0.29) is 16.8 Å². The number of carbonyl (C=O) groups is 1. The third kappa shape index (κ3) is 4.64. The first-order valence-corrected chi connectivity index (χ1v) is 9.32. The van der Waals surface area contributed by atoms with E-state index in [0.29, 0.717) is 0 Å². The Kier molecular flexibility index (Phi) is 5.23. The average molecular weight is 369 g/mol. The minimum absolute atomic E-state index is 0.101. The molecule has 0 saturated carbocycles. The molecule has 0 atom stereocenters. The van der Waals surface area contributed by atoms with Crippen LogP contribution < -0.4 is 5.32 Å². The number of anilines is 1. The van der Waals surface area contributed by atoms with Crippen LogP contribution in [0.4, 0.5) is 6.01 Å². The van der Waals surface area contributed by atoms with Gasteiger partial charge in [-0.2, -0.15) is 0 Å². The predicted molar refractivity (Wildman–Crippen MR) is 95.7 cm³/mol. The lowest BCUT2D eigenvalue weighted by Crippen LogP contribution is -2.08. The maximum absolute atomic E-state index is 12.3. The summed E-state index contributed by atoms with van der Waals surface area (Å²) in [5.41, 5.74) is 0.864. The van der Waals surface area contributed by atoms with Gasteiger partial charge in [0.1, 0.15) is 5.75 Å². The van der Waals surface area contributed by atoms with Gasteiger partial charge in [0, 0.05) is 6.08 Å². The van der Waals surface area contributed by atoms with Crippen LogP contribution in [0.1, 0.15) is 11.5 Å². The summed E-state index contributed by atoms with van der Waals surface area (Å²) in [6.07, 6.45) is 2.95. The van der Waals surface area contributed by atoms with Crippen molar-refractivity contribution in [2.75, 3.05) is 5.32 Å². The molecule has 0 aliphatic carbocycles. The Balaban J connectivity index is 1.63. The smallest absolute Gasteiger partial charge is 0.322 e. The van der Waals surface area contributed by atoms with Gasteiger partial charge in [-0.1, -0.05) is 53.6 Å². The van der Waals surface area contributed by atoms with Crippen LogP contribution in [0, 0.1) is 0 Å². The molecule has 7 nitrogen and oxygen atoms in total. The van der Waals surface area contributed by atoms with E-state index in [2.05, 4.69) is 15.5 Å². The van der Waals surface area contributed by atoms with Crippen LogP contribution in [0.3, 0.4) is 0 Å². The summed E-state index contributed by atoms with van der Waals surface area (Å²) in [7, 11) is -3.60. The average Bonchev–Trinajstić information content (AvgIpc) is 3.07. The SMILES string of the molecule is O=C(/C=C/c1ccccc1)Nc1nnc(CS(=O)(=O)c2ccccc2)o1. The van der Waals surface area contributed by atoms with Gasteiger partial charge in [-0.15, -0.1) is 5.10 Å². The van der Waals surface area contributed by atoms with E-state index in [0.717, 1.165) is 5.56 Å². The number of aromatic nitrogens is 2. The number of carbonyl (C=O) groups excluding carboxylic acids is 1. The first-order chi connectivity index (χ1) is 12.5. The number of sulfone groups is 1. The summed E-state index contributed by atoms with van der Waals surface area (Å²) in [4.78, 5) is 12.0. The van der Waals surface area contributed by atoms with Gasteiger partial charge in [-0.25, -0.2) is 8.42 Å². The highest BCUT2D eigenvalue weighted by atomic mass is 32.2. The fourth-order valence-corrected chi connectivity index (χ4v) is 3.30. The van der Waals surface area contributed by atoms with Gasteiger partial charge in [0.25, 0.3) is 5.91 Å². The molecule has 0 aliphatic rings. The fraction of sp³-hybridized carbons (Fsp3) is 0.0556. The molecule has 3 aromatic rings. The highest BCUT2D eigenvalue weighted by molar-refractivity contribution is 7.90. The van der Waals surface area contributed by atoms with E-state index in [1.807, 2.05) is 30.3 Å². The Morgan fingerprint density at radius 1 is 1.00 bits per heavy atom. The van der Waals surface area contributed by atoms with Crippen LogP contribution in [0.5, 0.6) is 0 Å². The highest BCUT2D eigenvalue weighted by Gasteiger charge is 2.19. The molecule has 3 rings (SSSR count). The number of nitrogens with zero attached hydrogens (tertiary/aromatic N) is 2. The van der Waals surface area contributed by atoms with Gasteiger partial charge < -0.3 is 4.42 Å². The van der Waals surface area contributed by atoms with E-state index < -0.39 is 21.5 Å². The largest absolute Gasteiger partial charge is 0.407 e. The number of rotatable bonds is 6. The lowest BCUT2D eigenvalue weighted by molar-refractivity contribution is -0.112. The van der Waals surface area contributed by atoms with Crippen molar-refractivity contribution in [1.29, 1.82) is 0 Å². The number of nitrogens with one attached hydrogen (secondary N) is 1. The Hall–Kier alpha value is -3.26. The van der Waals surface area contributed by atoms with Crippen molar-refractivity contribution in [2.45, 2.75) is 10.6 Å². The molecule has 1 N–H and O–H groups in total. The second-order valence-electron chi connectivity index (χ2n) is 5.31. The summed E-state index contributed by atoms with van der Waals surface area (Å²) in [5.74, 6) is -1.01. The molecule has 26 heavy (non-hydrogen) atoms. The van der Waals surface area contributed by atoms with Crippen LogP contribution in [0.25, 0.3) is 6.08 Å². The van der Waals surface area contributed by atoms with Gasteiger partial charge in [0.15, 0.2) is 9.84 Å². The van der Waals surface area contributed by atoms with Crippen LogP contribution in [0.15, 0.2) is 76.1 Å². The zero-order valence-corrected chi connectivity index (χ0v) is 14.4. The molecule has 1 heterocycles. The molecular weight excluding hydrogens is 354 g/mol. The topological polar surface area (TPSA) is 102 Å². The highest BCUT2D eigenvalue weighted by Crippen LogP contribution is 2.16. The normalized spacial score (nSPS) is 11.5. The van der Waals surface area contributed by atoms with E-state index in [4.69, 9.17) is 4.42 Å². The van der Waals surface area contributed by atoms with Crippen molar-refractivity contribution in [3.05, 3.63) is 78.2 Å². The van der Waals surface area contributed by atoms with Gasteiger partial charge in [0.05, 0.1) is 4.90 Å². The first-order valence-electron chi connectivity index (χ1n) is 7.67. The molecule has 0 bridgehead atoms. The lowest BCUT2D eigenvalue weighted by atomic mass is 10.2. The zero-order valence-electron chi connectivity index (χ0n) is 13.6. The lowest BCUT2D eigenvalue weighted by Gasteiger charge is -2.00. The van der Waals surface area contributed by atoms with E-state index in [1.165, 1.54) is 18.2 Å². The predicted octanol–water partition coefficient (Wildman–Crippen LogP) is 2.70. The van der Waals surface area contributed by atoms with Crippen molar-refractivity contribution < 1.29 is 17.6 Å². The van der Waals surface area contributed by atoms with Crippen molar-refractivity contribution in [3.63, 3.8) is 0 Å². The number of hydrogen-bond donors (Lipinski definition) is 1. The molecule has 8 heteroatoms. The first kappa shape index (κ1) is 17.6. The van der Waals surface area contributed by atoms with Crippen molar-refractivity contribution in [1.82, 2.24) is 10.2 Å². The fourth-order valence-electron chi connectivity index (χ4n) is 2.12. The number of benzene rings is 2. The Labute approximate surface area is 150 Å². The van der Waals surface area contributed by atoms with Crippen LogP contribution >= 0.6 is 0 Å². The van der Waals surface area contributed by atoms with Gasteiger partial charge in [-0.05, 0) is 23.8 Å². The zero-order chi connectivity index (χ0) is 18.4. The molecule has 0 radical (unpaired) electrons. The molecule has 1 amide bonds. The second-order valence-corrected chi connectivity index (χ2v) is 7.30. The van der Waals surface area contributed by atoms with Gasteiger partial charge in [0.2, 0.25) is 5.89 Å². The monoisotopic (exact) mass is 369 g/mol. The van der Waals surface area contributed by atoms with E-state index in [1.54, 1.807) is 24.3 Å². The quantitative estimate of drug-likeness (QED) is 0.670. The standard InChI is InChI=1S/C18H15N3O4S/c22-16(12-11-14-7-3-1-4-8-14)19-18-21-20-17(25-18)13-26(23,24)15-9-5-2-6-10-15/h1-12H,13H2,(H,19,21,22)/b12-11+. The minimum atomic E-state index is -3.60. The summed E-state index contributed by atoms with van der Waals surface area (Å²) in [6.45, 7) is 0. The molecule has 0 unspecified atom stereocenters. The number of amides is 1. The summed E-state index contributed by atoms with van der Waals surface area (Å²) < 4.78 is 29.7. The van der Waals surface area contributed by atoms with Crippen molar-refractivity contribution in [2.24, 2.45) is 0 Å². The molecule has 0 fully saturated rings. The maximum Gasteiger partial charge on any atom is 0.322 e. The Morgan fingerprint density at radius 2 is 1.65 bits per heavy atom. The molecule has 132 valence electrons. The van der Waals surface area contributed by atoms with E-state index >= 15 is 0 Å². The molecular formula is C18H15N3O4S. The summed E-state index contributed by atoms with van der Waals surface area (Å²) >= 11 is 0. The van der Waals surface area contributed by atoms with Crippen LogP contribution in [-0.2, 0) is 20.4 Å². The Morgan fingerprint density at radius 3 is 2.35 bits per heavy atom. The molecule has 0 spiro atoms. The van der Waals surface area contributed by atoms with Crippen molar-refractivity contribution >= 4 is 27.8 Å². The molecule has 0 aliphatic heterocycles. The second kappa shape index (κ2) is 7.75. The summed E-state index contributed by atoms with van der Waals surface area (Å²) in [6, 6.07) is 17.1. The van der Waals surface area contributed by atoms with Gasteiger partial charge in [-0.3, -0.25) is 10.1 Å².